The first-order valence-corrected chi connectivity index (χ1v) is 5.68. The topological polar surface area (TPSA) is 0 Å². The van der Waals surface area contributed by atoms with Gasteiger partial charge < -0.3 is 0 Å². The highest BCUT2D eigenvalue weighted by molar-refractivity contribution is 9.10. The zero-order chi connectivity index (χ0) is 8.72. The van der Waals surface area contributed by atoms with Gasteiger partial charge in [-0.1, -0.05) is 11.6 Å². The quantitative estimate of drug-likeness (QED) is 0.669. The van der Waals surface area contributed by atoms with Gasteiger partial charge in [0.25, 0.3) is 0 Å². The molecule has 0 aliphatic rings. The molecular weight excluding hydrogens is 276 g/mol. The summed E-state index contributed by atoms with van der Waals surface area (Å²) in [5.74, 6) is 0. The van der Waals surface area contributed by atoms with Crippen molar-refractivity contribution in [2.24, 2.45) is 0 Å². The molecule has 1 aromatic heterocycles. The van der Waals surface area contributed by atoms with Crippen molar-refractivity contribution in [1.29, 1.82) is 0 Å². The van der Waals surface area contributed by atoms with Crippen LogP contribution in [0.4, 0.5) is 0 Å². The fourth-order valence-corrected chi connectivity index (χ4v) is 2.89. The van der Waals surface area contributed by atoms with Crippen LogP contribution in [-0.2, 0) is 0 Å². The number of halogens is 2. The molecule has 0 aliphatic heterocycles. The zero-order valence-corrected chi connectivity index (χ0v) is 9.90. The number of hydrogen-bond acceptors (Lipinski definition) is 2. The average Bonchev–Trinajstić information content (AvgIpc) is 2.30. The molecule has 0 atom stereocenters. The summed E-state index contributed by atoms with van der Waals surface area (Å²) in [5, 5.41) is 1.15. The second-order valence-corrected chi connectivity index (χ2v) is 5.44. The lowest BCUT2D eigenvalue weighted by Crippen LogP contribution is -1.68. The molecule has 0 amide bonds. The third-order valence-corrected chi connectivity index (χ3v) is 4.12. The normalized spacial score (nSPS) is 10.9. The molecule has 0 saturated carbocycles. The van der Waals surface area contributed by atoms with Gasteiger partial charge in [0.15, 0.2) is 0 Å². The van der Waals surface area contributed by atoms with E-state index in [0.29, 0.717) is 0 Å². The van der Waals surface area contributed by atoms with Crippen molar-refractivity contribution in [1.82, 2.24) is 0 Å². The minimum absolute atomic E-state index is 0.816. The smallest absolute Gasteiger partial charge is 0.0940 e. The molecule has 2 rings (SSSR count). The van der Waals surface area contributed by atoms with Gasteiger partial charge in [0.1, 0.15) is 0 Å². The Morgan fingerprint density at radius 2 is 2.08 bits per heavy atom. The summed E-state index contributed by atoms with van der Waals surface area (Å²) in [6, 6.07) is 5.99. The van der Waals surface area contributed by atoms with E-state index < -0.39 is 0 Å². The predicted molar refractivity (Wildman–Crippen MR) is 61.8 cm³/mol. The van der Waals surface area contributed by atoms with E-state index in [4.69, 9.17) is 11.6 Å². The Kier molecular flexibility index (Phi) is 2.38. The lowest BCUT2D eigenvalue weighted by atomic mass is 10.3. The van der Waals surface area contributed by atoms with Crippen LogP contribution < -0.4 is 0 Å². The Bertz CT molecular complexity index is 397. The number of rotatable bonds is 0. The van der Waals surface area contributed by atoms with Crippen LogP contribution in [0.15, 0.2) is 27.6 Å². The van der Waals surface area contributed by atoms with Crippen molar-refractivity contribution in [3.8, 4) is 0 Å². The summed E-state index contributed by atoms with van der Waals surface area (Å²) < 4.78 is 3.01. The van der Waals surface area contributed by atoms with Gasteiger partial charge >= 0.3 is 0 Å². The molecule has 1 aromatic carbocycles. The minimum Gasteiger partial charge on any atom is -0.142 e. The molecule has 0 radical (unpaired) electrons. The summed E-state index contributed by atoms with van der Waals surface area (Å²) in [6.45, 7) is 0. The van der Waals surface area contributed by atoms with Crippen molar-refractivity contribution >= 4 is 61.6 Å². The molecule has 0 spiro atoms. The Morgan fingerprint density at radius 3 is 2.83 bits per heavy atom. The van der Waals surface area contributed by atoms with Gasteiger partial charge in [-0.3, -0.25) is 0 Å². The maximum absolute atomic E-state index is 5.87. The van der Waals surface area contributed by atoms with E-state index in [1.54, 1.807) is 11.3 Å². The first kappa shape index (κ1) is 8.88. The highest BCUT2D eigenvalue weighted by Crippen LogP contribution is 2.34. The molecule has 0 bridgehead atoms. The maximum atomic E-state index is 5.87. The number of hydrogen-bond donors (Lipinski definition) is 1. The summed E-state index contributed by atoms with van der Waals surface area (Å²) >= 11 is 15.2. The maximum Gasteiger partial charge on any atom is 0.0940 e. The van der Waals surface area contributed by atoms with E-state index in [-0.39, 0.29) is 0 Å². The van der Waals surface area contributed by atoms with Crippen molar-refractivity contribution < 1.29 is 0 Å². The molecule has 2 aromatic rings. The van der Waals surface area contributed by atoms with E-state index in [1.165, 1.54) is 4.70 Å². The van der Waals surface area contributed by atoms with Crippen LogP contribution in [0, 0.1) is 0 Å². The largest absolute Gasteiger partial charge is 0.142 e. The third kappa shape index (κ3) is 1.51. The number of benzene rings is 1. The fourth-order valence-electron chi connectivity index (χ4n) is 1.02. The Hall–Kier alpha value is 0.300. The molecule has 1 heterocycles. The highest BCUT2D eigenvalue weighted by atomic mass is 79.9. The first-order chi connectivity index (χ1) is 5.66. The predicted octanol–water partition coefficient (Wildman–Crippen LogP) is 4.61. The zero-order valence-electron chi connectivity index (χ0n) is 5.84. The Morgan fingerprint density at radius 1 is 1.33 bits per heavy atom. The minimum atomic E-state index is 0.816. The van der Waals surface area contributed by atoms with E-state index in [9.17, 15) is 0 Å². The van der Waals surface area contributed by atoms with E-state index in [0.717, 1.165) is 19.1 Å². The molecule has 0 saturated heterocycles. The number of fused-ring (bicyclic) bond motifs is 1. The molecule has 0 fully saturated rings. The summed E-state index contributed by atoms with van der Waals surface area (Å²) in [7, 11) is 0. The monoisotopic (exact) mass is 278 g/mol. The van der Waals surface area contributed by atoms with Gasteiger partial charge in [-0.15, -0.1) is 24.0 Å². The van der Waals surface area contributed by atoms with Crippen LogP contribution in [0.25, 0.3) is 10.1 Å². The van der Waals surface area contributed by atoms with Gasteiger partial charge in [0, 0.05) is 14.1 Å². The summed E-state index contributed by atoms with van der Waals surface area (Å²) in [6.07, 6.45) is 0. The summed E-state index contributed by atoms with van der Waals surface area (Å²) in [4.78, 5) is 0.942. The SMILES string of the molecule is Sc1cc2cc(Cl)sc2cc1Br. The van der Waals surface area contributed by atoms with Gasteiger partial charge in [0.2, 0.25) is 0 Å². The highest BCUT2D eigenvalue weighted by Gasteiger charge is 2.02. The van der Waals surface area contributed by atoms with E-state index in [1.807, 2.05) is 18.2 Å². The van der Waals surface area contributed by atoms with Gasteiger partial charge in [-0.25, -0.2) is 0 Å². The summed E-state index contributed by atoms with van der Waals surface area (Å²) in [5.41, 5.74) is 0. The van der Waals surface area contributed by atoms with Crippen molar-refractivity contribution in [3.05, 3.63) is 27.0 Å². The van der Waals surface area contributed by atoms with Crippen LogP contribution in [0.5, 0.6) is 0 Å². The van der Waals surface area contributed by atoms with Crippen LogP contribution in [0.2, 0.25) is 4.34 Å². The molecule has 62 valence electrons. The molecule has 0 nitrogen and oxygen atoms in total. The molecular formula is C8H4BrClS2. The molecule has 0 unspecified atom stereocenters. The molecule has 0 N–H and O–H groups in total. The second kappa shape index (κ2) is 3.22. The van der Waals surface area contributed by atoms with Gasteiger partial charge in [-0.2, -0.15) is 0 Å². The van der Waals surface area contributed by atoms with E-state index >= 15 is 0 Å². The lowest BCUT2D eigenvalue weighted by molar-refractivity contribution is 1.48. The number of thiophene rings is 1. The Labute approximate surface area is 93.1 Å². The molecule has 12 heavy (non-hydrogen) atoms. The fraction of sp³-hybridized carbons (Fsp3) is 0. The van der Waals surface area contributed by atoms with Crippen molar-refractivity contribution in [2.45, 2.75) is 4.90 Å². The average molecular weight is 280 g/mol. The van der Waals surface area contributed by atoms with Crippen LogP contribution in [0.1, 0.15) is 0 Å². The first-order valence-electron chi connectivity index (χ1n) is 3.24. The standard InChI is InChI=1S/C8H4BrClS2/c9-5-3-7-4(1-6(5)11)2-8(10)12-7/h1-3,11H. The van der Waals surface area contributed by atoms with Gasteiger partial charge in [-0.05, 0) is 39.5 Å². The van der Waals surface area contributed by atoms with Crippen molar-refractivity contribution in [2.75, 3.05) is 0 Å². The second-order valence-electron chi connectivity index (χ2n) is 2.39. The number of thiol groups is 1. The van der Waals surface area contributed by atoms with Gasteiger partial charge in [0.05, 0.1) is 4.34 Å². The molecule has 0 aliphatic carbocycles. The molecule has 4 heteroatoms. The lowest BCUT2D eigenvalue weighted by Gasteiger charge is -1.95. The van der Waals surface area contributed by atoms with Crippen molar-refractivity contribution in [3.63, 3.8) is 0 Å². The van der Waals surface area contributed by atoms with Crippen LogP contribution >= 0.6 is 51.5 Å². The van der Waals surface area contributed by atoms with Crippen LogP contribution in [-0.4, -0.2) is 0 Å². The van der Waals surface area contributed by atoms with Crippen LogP contribution in [0.3, 0.4) is 0 Å². The third-order valence-electron chi connectivity index (χ3n) is 1.56. The Balaban J connectivity index is 2.83. The van der Waals surface area contributed by atoms with E-state index in [2.05, 4.69) is 28.6 Å².